The summed E-state index contributed by atoms with van der Waals surface area (Å²) >= 11 is 3.43. The summed E-state index contributed by atoms with van der Waals surface area (Å²) in [5, 5.41) is 2.75. The van der Waals surface area contributed by atoms with Crippen LogP contribution in [0.1, 0.15) is 16.8 Å². The number of ether oxygens (including phenoxy) is 1. The Labute approximate surface area is 136 Å². The van der Waals surface area contributed by atoms with E-state index in [1.807, 2.05) is 42.5 Å². The number of hydrogen-bond acceptors (Lipinski definition) is 3. The molecule has 0 aliphatic carbocycles. The molecule has 3 rings (SSSR count). The van der Waals surface area contributed by atoms with Gasteiger partial charge in [-0.3, -0.25) is 4.79 Å². The topological polar surface area (TPSA) is 55.4 Å². The van der Waals surface area contributed by atoms with E-state index >= 15 is 0 Å². The molecule has 1 atom stereocenters. The second-order valence-electron chi connectivity index (χ2n) is 5.04. The monoisotopic (exact) mass is 359 g/mol. The maximum absolute atomic E-state index is 12.5. The fraction of sp³-hybridized carbons (Fsp3) is 0.176. The molecule has 1 fully saturated rings. The molecule has 5 heteroatoms. The third kappa shape index (κ3) is 3.04. The van der Waals surface area contributed by atoms with Crippen molar-refractivity contribution in [3.05, 3.63) is 58.6 Å². The van der Waals surface area contributed by atoms with Gasteiger partial charge in [0.1, 0.15) is 6.04 Å². The zero-order chi connectivity index (χ0) is 15.5. The van der Waals surface area contributed by atoms with Crippen LogP contribution < -0.4 is 5.32 Å². The highest BCUT2D eigenvalue weighted by atomic mass is 79.9. The van der Waals surface area contributed by atoms with Gasteiger partial charge in [-0.15, -0.1) is 0 Å². The van der Waals surface area contributed by atoms with Crippen molar-refractivity contribution in [3.63, 3.8) is 0 Å². The lowest BCUT2D eigenvalue weighted by molar-refractivity contribution is -0.139. The van der Waals surface area contributed by atoms with Gasteiger partial charge in [0.25, 0.3) is 5.91 Å². The summed E-state index contributed by atoms with van der Waals surface area (Å²) in [6.45, 7) is 0.357. The second-order valence-corrected chi connectivity index (χ2v) is 5.95. The number of carbonyl (C=O) groups excluding carboxylic acids is 2. The largest absolute Gasteiger partial charge is 0.464 e. The summed E-state index contributed by atoms with van der Waals surface area (Å²) in [7, 11) is 0. The molecule has 1 amide bonds. The molecule has 1 saturated heterocycles. The van der Waals surface area contributed by atoms with E-state index in [1.165, 1.54) is 0 Å². The first-order valence-corrected chi connectivity index (χ1v) is 7.77. The van der Waals surface area contributed by atoms with Crippen LogP contribution in [0, 0.1) is 0 Å². The van der Waals surface area contributed by atoms with E-state index in [1.54, 1.807) is 6.07 Å². The third-order valence-electron chi connectivity index (χ3n) is 3.55. The Balaban J connectivity index is 1.93. The van der Waals surface area contributed by atoms with Crippen LogP contribution in [0.3, 0.4) is 0 Å². The van der Waals surface area contributed by atoms with Gasteiger partial charge in [0.15, 0.2) is 0 Å². The lowest BCUT2D eigenvalue weighted by Crippen LogP contribution is -2.38. The number of halogens is 1. The van der Waals surface area contributed by atoms with Crippen LogP contribution in [0.4, 0.5) is 0 Å². The molecule has 0 aromatic heterocycles. The van der Waals surface area contributed by atoms with E-state index in [0.717, 1.165) is 15.6 Å². The zero-order valence-electron chi connectivity index (χ0n) is 11.7. The van der Waals surface area contributed by atoms with Crippen molar-refractivity contribution >= 4 is 27.8 Å². The standard InChI is InChI=1S/C17H14BrNO3/c18-12-6-7-13(14(10-12)11-4-2-1-3-5-11)16(20)19-15-8-9-22-17(15)21/h1-7,10,15H,8-9H2,(H,19,20). The molecule has 0 saturated carbocycles. The number of amides is 1. The van der Waals surface area contributed by atoms with Crippen molar-refractivity contribution in [1.82, 2.24) is 5.32 Å². The first-order chi connectivity index (χ1) is 10.6. The smallest absolute Gasteiger partial charge is 0.328 e. The highest BCUT2D eigenvalue weighted by molar-refractivity contribution is 9.10. The summed E-state index contributed by atoms with van der Waals surface area (Å²) in [5.74, 6) is -0.637. The molecule has 2 aromatic rings. The molecule has 2 aromatic carbocycles. The summed E-state index contributed by atoms with van der Waals surface area (Å²) in [6, 6.07) is 14.6. The number of benzene rings is 2. The number of esters is 1. The van der Waals surface area contributed by atoms with Crippen LogP contribution in [0.15, 0.2) is 53.0 Å². The first kappa shape index (κ1) is 14.8. The molecule has 22 heavy (non-hydrogen) atoms. The molecular formula is C17H14BrNO3. The number of hydrogen-bond donors (Lipinski definition) is 1. The molecule has 1 unspecified atom stereocenters. The molecule has 0 radical (unpaired) electrons. The first-order valence-electron chi connectivity index (χ1n) is 6.97. The van der Waals surface area contributed by atoms with E-state index in [0.29, 0.717) is 18.6 Å². The van der Waals surface area contributed by atoms with Crippen molar-refractivity contribution in [3.8, 4) is 11.1 Å². The van der Waals surface area contributed by atoms with E-state index in [4.69, 9.17) is 4.74 Å². The molecular weight excluding hydrogens is 346 g/mol. The minimum absolute atomic E-state index is 0.268. The van der Waals surface area contributed by atoms with Crippen molar-refractivity contribution in [2.24, 2.45) is 0 Å². The average Bonchev–Trinajstić information content (AvgIpc) is 2.93. The van der Waals surface area contributed by atoms with Crippen LogP contribution in [0.2, 0.25) is 0 Å². The molecule has 0 bridgehead atoms. The van der Waals surface area contributed by atoms with Crippen molar-refractivity contribution in [2.75, 3.05) is 6.61 Å². The fourth-order valence-electron chi connectivity index (χ4n) is 2.43. The van der Waals surface area contributed by atoms with Gasteiger partial charge in [-0.05, 0) is 29.3 Å². The Hall–Kier alpha value is -2.14. The van der Waals surface area contributed by atoms with Crippen molar-refractivity contribution < 1.29 is 14.3 Å². The van der Waals surface area contributed by atoms with E-state index in [9.17, 15) is 9.59 Å². The Morgan fingerprint density at radius 3 is 2.64 bits per heavy atom. The van der Waals surface area contributed by atoms with Gasteiger partial charge in [-0.1, -0.05) is 46.3 Å². The van der Waals surface area contributed by atoms with Gasteiger partial charge in [-0.2, -0.15) is 0 Å². The predicted molar refractivity (Wildman–Crippen MR) is 86.4 cm³/mol. The van der Waals surface area contributed by atoms with Crippen LogP contribution in [-0.2, 0) is 9.53 Å². The quantitative estimate of drug-likeness (QED) is 0.856. The summed E-state index contributed by atoms with van der Waals surface area (Å²) in [5.41, 5.74) is 2.30. The summed E-state index contributed by atoms with van der Waals surface area (Å²) < 4.78 is 5.77. The minimum Gasteiger partial charge on any atom is -0.464 e. The molecule has 4 nitrogen and oxygen atoms in total. The number of nitrogens with one attached hydrogen (secondary N) is 1. The molecule has 1 aliphatic rings. The third-order valence-corrected chi connectivity index (χ3v) is 4.04. The highest BCUT2D eigenvalue weighted by Gasteiger charge is 2.28. The molecule has 1 N–H and O–H groups in total. The van der Waals surface area contributed by atoms with Gasteiger partial charge in [0.05, 0.1) is 6.61 Å². The van der Waals surface area contributed by atoms with Crippen molar-refractivity contribution in [2.45, 2.75) is 12.5 Å². The van der Waals surface area contributed by atoms with E-state index < -0.39 is 6.04 Å². The van der Waals surface area contributed by atoms with Gasteiger partial charge in [0.2, 0.25) is 0 Å². The SMILES string of the molecule is O=C(NC1CCOC1=O)c1ccc(Br)cc1-c1ccccc1. The second kappa shape index (κ2) is 6.32. The van der Waals surface area contributed by atoms with Crippen LogP contribution in [0.5, 0.6) is 0 Å². The molecule has 0 spiro atoms. The Bertz CT molecular complexity index is 715. The Kier molecular flexibility index (Phi) is 4.24. The van der Waals surface area contributed by atoms with Gasteiger partial charge in [0, 0.05) is 16.5 Å². The maximum atomic E-state index is 12.5. The number of carbonyl (C=O) groups is 2. The van der Waals surface area contributed by atoms with Gasteiger partial charge >= 0.3 is 5.97 Å². The average molecular weight is 360 g/mol. The van der Waals surface area contributed by atoms with Gasteiger partial charge < -0.3 is 10.1 Å². The lowest BCUT2D eigenvalue weighted by atomic mass is 9.99. The summed E-state index contributed by atoms with van der Waals surface area (Å²) in [6.07, 6.45) is 0.516. The predicted octanol–water partition coefficient (Wildman–Crippen LogP) is 3.16. The maximum Gasteiger partial charge on any atom is 0.328 e. The van der Waals surface area contributed by atoms with Crippen LogP contribution >= 0.6 is 15.9 Å². The van der Waals surface area contributed by atoms with E-state index in [-0.39, 0.29) is 11.9 Å². The van der Waals surface area contributed by atoms with Crippen LogP contribution in [0.25, 0.3) is 11.1 Å². The zero-order valence-corrected chi connectivity index (χ0v) is 13.3. The molecule has 1 aliphatic heterocycles. The normalized spacial score (nSPS) is 17.1. The van der Waals surface area contributed by atoms with Crippen molar-refractivity contribution in [1.29, 1.82) is 0 Å². The lowest BCUT2D eigenvalue weighted by Gasteiger charge is -2.13. The number of rotatable bonds is 3. The Morgan fingerprint density at radius 2 is 1.95 bits per heavy atom. The summed E-state index contributed by atoms with van der Waals surface area (Å²) in [4.78, 5) is 24.0. The molecule has 1 heterocycles. The fourth-order valence-corrected chi connectivity index (χ4v) is 2.80. The Morgan fingerprint density at radius 1 is 1.18 bits per heavy atom. The van der Waals surface area contributed by atoms with Crippen LogP contribution in [-0.4, -0.2) is 24.5 Å². The molecule has 112 valence electrons. The van der Waals surface area contributed by atoms with E-state index in [2.05, 4.69) is 21.2 Å². The van der Waals surface area contributed by atoms with Gasteiger partial charge in [-0.25, -0.2) is 4.79 Å². The number of cyclic esters (lactones) is 1. The highest BCUT2D eigenvalue weighted by Crippen LogP contribution is 2.27. The minimum atomic E-state index is -0.556.